The Morgan fingerprint density at radius 2 is 1.66 bits per heavy atom. The summed E-state index contributed by atoms with van der Waals surface area (Å²) in [5.41, 5.74) is 8.56. The Kier molecular flexibility index (Phi) is 7.31. The second-order valence-corrected chi connectivity index (χ2v) is 10.2. The molecule has 4 aromatic rings. The second-order valence-electron chi connectivity index (χ2n) is 8.54. The van der Waals surface area contributed by atoms with E-state index in [1.165, 1.54) is 49.6 Å². The lowest BCUT2D eigenvalue weighted by Crippen LogP contribution is -2.31. The molecule has 198 valence electrons. The van der Waals surface area contributed by atoms with Crippen LogP contribution in [-0.2, 0) is 10.0 Å². The van der Waals surface area contributed by atoms with E-state index >= 15 is 0 Å². The van der Waals surface area contributed by atoms with Crippen molar-refractivity contribution in [2.75, 3.05) is 12.8 Å². The molecule has 0 aliphatic rings. The fourth-order valence-electron chi connectivity index (χ4n) is 3.99. The summed E-state index contributed by atoms with van der Waals surface area (Å²) in [6.45, 7) is 5.61. The Labute approximate surface area is 221 Å². The molecule has 3 N–H and O–H groups in total. The van der Waals surface area contributed by atoms with Crippen LogP contribution < -0.4 is 19.9 Å². The van der Waals surface area contributed by atoms with Gasteiger partial charge in [-0.25, -0.2) is 19.1 Å². The quantitative estimate of drug-likeness (QED) is 0.337. The molecule has 0 unspecified atom stereocenters. The number of carbonyl (C=O) groups is 1. The number of anilines is 1. The van der Waals surface area contributed by atoms with E-state index in [-0.39, 0.29) is 30.1 Å². The molecule has 4 rings (SSSR count). The maximum Gasteiger partial charge on any atom is 0.281 e. The lowest BCUT2D eigenvalue weighted by Gasteiger charge is -2.16. The number of sulfonamides is 1. The van der Waals surface area contributed by atoms with Crippen molar-refractivity contribution in [1.82, 2.24) is 14.7 Å². The summed E-state index contributed by atoms with van der Waals surface area (Å²) in [5.74, 6) is -1.40. The van der Waals surface area contributed by atoms with Gasteiger partial charge in [-0.15, -0.1) is 0 Å². The molecule has 0 aliphatic heterocycles. The van der Waals surface area contributed by atoms with E-state index in [9.17, 15) is 17.6 Å². The van der Waals surface area contributed by atoms with Crippen molar-refractivity contribution in [1.29, 1.82) is 0 Å². The number of nitrogens with two attached hydrogens (primary N) is 1. The molecule has 2 aromatic carbocycles. The van der Waals surface area contributed by atoms with E-state index in [1.54, 1.807) is 6.07 Å². The number of methoxy groups -OCH3 is 1. The number of pyridine rings is 2. The average Bonchev–Trinajstić information content (AvgIpc) is 2.85. The van der Waals surface area contributed by atoms with Gasteiger partial charge in [0.1, 0.15) is 17.1 Å². The van der Waals surface area contributed by atoms with Gasteiger partial charge < -0.3 is 15.2 Å². The van der Waals surface area contributed by atoms with E-state index in [2.05, 4.69) is 9.97 Å². The van der Waals surface area contributed by atoms with Gasteiger partial charge in [-0.3, -0.25) is 4.79 Å². The Bertz CT molecular complexity index is 1640. The molecule has 0 saturated heterocycles. The van der Waals surface area contributed by atoms with Crippen LogP contribution in [0.2, 0.25) is 0 Å². The minimum absolute atomic E-state index is 0. The third-order valence-electron chi connectivity index (χ3n) is 5.60. The van der Waals surface area contributed by atoms with Gasteiger partial charge in [0, 0.05) is 6.99 Å². The van der Waals surface area contributed by atoms with Crippen molar-refractivity contribution in [3.63, 3.8) is 0 Å². The Morgan fingerprint density at radius 3 is 2.32 bits per heavy atom. The van der Waals surface area contributed by atoms with E-state index in [4.69, 9.17) is 15.2 Å². The SMILES string of the molecule is COc1c(F)cccc1-c1ccc(C(=O)NS(=O)(=O)c2cccc(N)n2)c(Oc2c(C)cc(C)cc2C)n1.[HH]. The molecule has 0 bridgehead atoms. The molecule has 0 saturated carbocycles. The maximum absolute atomic E-state index is 14.4. The molecule has 1 amide bonds. The number of benzene rings is 2. The number of nitrogen functional groups attached to an aromatic ring is 1. The van der Waals surface area contributed by atoms with Crippen LogP contribution in [0.15, 0.2) is 65.7 Å². The van der Waals surface area contributed by atoms with Crippen LogP contribution in [0.4, 0.5) is 10.2 Å². The molecule has 0 aliphatic carbocycles. The Hall–Kier alpha value is -4.51. The highest BCUT2D eigenvalue weighted by atomic mass is 32.2. The number of rotatable bonds is 7. The number of hydrogen-bond donors (Lipinski definition) is 2. The number of carbonyl (C=O) groups excluding carboxylic acids is 1. The summed E-state index contributed by atoms with van der Waals surface area (Å²) in [6, 6.07) is 15.0. The highest BCUT2D eigenvalue weighted by molar-refractivity contribution is 7.90. The van der Waals surface area contributed by atoms with Crippen LogP contribution >= 0.6 is 0 Å². The summed E-state index contributed by atoms with van der Waals surface area (Å²) in [4.78, 5) is 21.5. The van der Waals surface area contributed by atoms with Gasteiger partial charge in [0.2, 0.25) is 5.88 Å². The van der Waals surface area contributed by atoms with Crippen molar-refractivity contribution in [2.24, 2.45) is 0 Å². The molecular formula is C27H27FN4O5S. The fourth-order valence-corrected chi connectivity index (χ4v) is 4.94. The monoisotopic (exact) mass is 538 g/mol. The highest BCUT2D eigenvalue weighted by Gasteiger charge is 2.25. The molecule has 2 heterocycles. The van der Waals surface area contributed by atoms with Crippen LogP contribution in [0.5, 0.6) is 17.4 Å². The first-order valence-corrected chi connectivity index (χ1v) is 12.9. The van der Waals surface area contributed by atoms with E-state index < -0.39 is 26.8 Å². The number of aromatic nitrogens is 2. The van der Waals surface area contributed by atoms with E-state index in [0.29, 0.717) is 11.3 Å². The molecule has 0 fully saturated rings. The zero-order valence-corrected chi connectivity index (χ0v) is 21.9. The summed E-state index contributed by atoms with van der Waals surface area (Å²) >= 11 is 0. The van der Waals surface area contributed by atoms with Crippen LogP contribution in [0.1, 0.15) is 28.5 Å². The number of para-hydroxylation sites is 1. The van der Waals surface area contributed by atoms with Crippen molar-refractivity contribution >= 4 is 21.7 Å². The average molecular weight is 539 g/mol. The lowest BCUT2D eigenvalue weighted by atomic mass is 10.1. The van der Waals surface area contributed by atoms with Crippen LogP contribution in [0.3, 0.4) is 0 Å². The summed E-state index contributed by atoms with van der Waals surface area (Å²) in [7, 11) is -3.04. The number of halogens is 1. The van der Waals surface area contributed by atoms with Crippen molar-refractivity contribution < 1.29 is 28.5 Å². The fraction of sp³-hybridized carbons (Fsp3) is 0.148. The number of hydrogen-bond acceptors (Lipinski definition) is 8. The number of nitrogens with zero attached hydrogens (tertiary/aromatic N) is 2. The molecule has 2 aromatic heterocycles. The topological polar surface area (TPSA) is 134 Å². The van der Waals surface area contributed by atoms with Gasteiger partial charge in [-0.2, -0.15) is 8.42 Å². The molecule has 0 spiro atoms. The number of aryl methyl sites for hydroxylation is 3. The minimum Gasteiger partial charge on any atom is -0.493 e. The van der Waals surface area contributed by atoms with E-state index in [1.807, 2.05) is 37.6 Å². The summed E-state index contributed by atoms with van der Waals surface area (Å²) < 4.78 is 53.3. The van der Waals surface area contributed by atoms with Crippen LogP contribution in [0, 0.1) is 26.6 Å². The van der Waals surface area contributed by atoms with Gasteiger partial charge in [-0.1, -0.05) is 29.8 Å². The molecular weight excluding hydrogens is 511 g/mol. The maximum atomic E-state index is 14.4. The largest absolute Gasteiger partial charge is 0.493 e. The Balaban J connectivity index is 0.00000420. The van der Waals surface area contributed by atoms with Gasteiger partial charge in [0.05, 0.1) is 12.8 Å². The van der Waals surface area contributed by atoms with Gasteiger partial charge in [0.15, 0.2) is 16.6 Å². The predicted octanol–water partition coefficient (Wildman–Crippen LogP) is 4.96. The first kappa shape index (κ1) is 26.6. The van der Waals surface area contributed by atoms with Crippen molar-refractivity contribution in [3.05, 3.63) is 88.7 Å². The summed E-state index contributed by atoms with van der Waals surface area (Å²) in [5, 5.41) is -0.424. The molecule has 11 heteroatoms. The van der Waals surface area contributed by atoms with Crippen LogP contribution in [-0.4, -0.2) is 31.4 Å². The third kappa shape index (κ3) is 5.42. The molecule has 38 heavy (non-hydrogen) atoms. The number of ether oxygens (including phenoxy) is 2. The first-order chi connectivity index (χ1) is 18.0. The number of amides is 1. The third-order valence-corrected chi connectivity index (χ3v) is 6.83. The van der Waals surface area contributed by atoms with Crippen LogP contribution in [0.25, 0.3) is 11.3 Å². The normalized spacial score (nSPS) is 11.2. The highest BCUT2D eigenvalue weighted by Crippen LogP contribution is 2.36. The van der Waals surface area contributed by atoms with E-state index in [0.717, 1.165) is 16.7 Å². The zero-order valence-electron chi connectivity index (χ0n) is 21.1. The van der Waals surface area contributed by atoms with Gasteiger partial charge in [-0.05, 0) is 68.3 Å². The standard InChI is InChI=1S/C27H25FN4O5S.H2/c1-15-13-16(2)24(17(3)14-15)37-27-19(26(33)32-38(34,35)23-10-6-9-22(29)31-23)11-12-21(30-27)18-7-5-8-20(28)25(18)36-4;/h5-14H,1-4H3,(H2,29,31)(H,32,33);1H. The zero-order chi connectivity index (χ0) is 27.6. The number of nitrogens with one attached hydrogen (secondary N) is 1. The lowest BCUT2D eigenvalue weighted by molar-refractivity contribution is 0.0978. The minimum atomic E-state index is -4.36. The molecule has 0 radical (unpaired) electrons. The van der Waals surface area contributed by atoms with Crippen molar-refractivity contribution in [2.45, 2.75) is 25.8 Å². The predicted molar refractivity (Wildman–Crippen MR) is 142 cm³/mol. The van der Waals surface area contributed by atoms with Crippen molar-refractivity contribution in [3.8, 4) is 28.6 Å². The molecule has 0 atom stereocenters. The Morgan fingerprint density at radius 1 is 0.974 bits per heavy atom. The first-order valence-electron chi connectivity index (χ1n) is 11.4. The second kappa shape index (κ2) is 10.5. The van der Waals surface area contributed by atoms with Gasteiger partial charge >= 0.3 is 0 Å². The smallest absolute Gasteiger partial charge is 0.281 e. The molecule has 9 nitrogen and oxygen atoms in total. The van der Waals surface area contributed by atoms with Gasteiger partial charge in [0.25, 0.3) is 15.9 Å². The summed E-state index contributed by atoms with van der Waals surface area (Å²) in [6.07, 6.45) is 0.